The Balaban J connectivity index is 4.25. The van der Waals surface area contributed by atoms with Crippen molar-refractivity contribution in [2.24, 2.45) is 0 Å². The molecule has 0 rings (SSSR count). The quantitative estimate of drug-likeness (QED) is 0.545. The number of hydrogen-bond donors (Lipinski definition) is 0. The molecule has 0 fully saturated rings. The smallest absolute Gasteiger partial charge is 0.320 e. The molecule has 0 aromatic heterocycles. The third kappa shape index (κ3) is 4.84. The molecule has 12 heavy (non-hydrogen) atoms. The zero-order valence-corrected chi connectivity index (χ0v) is 7.68. The maximum Gasteiger partial charge on any atom is 0.320 e. The molecule has 0 spiro atoms. The predicted molar refractivity (Wildman–Crippen MR) is 41.4 cm³/mol. The van der Waals surface area contributed by atoms with Gasteiger partial charge in [-0.2, -0.15) is 0 Å². The van der Waals surface area contributed by atoms with E-state index in [0.29, 0.717) is 0 Å². The standard InChI is InChI=1S/C6H10O5S/c1-5(7)3-12(9,10)4-6(8)11-2/h3-4H2,1-2H3. The zero-order chi connectivity index (χ0) is 9.78. The van der Waals surface area contributed by atoms with Crippen molar-refractivity contribution in [3.8, 4) is 0 Å². The molecule has 0 aliphatic carbocycles. The van der Waals surface area contributed by atoms with E-state index in [-0.39, 0.29) is 0 Å². The molecule has 0 saturated carbocycles. The van der Waals surface area contributed by atoms with Crippen molar-refractivity contribution in [3.05, 3.63) is 0 Å². The number of methoxy groups -OCH3 is 1. The van der Waals surface area contributed by atoms with Crippen molar-refractivity contribution in [3.63, 3.8) is 0 Å². The summed E-state index contributed by atoms with van der Waals surface area (Å²) in [5.41, 5.74) is 0. The number of hydrogen-bond acceptors (Lipinski definition) is 5. The highest BCUT2D eigenvalue weighted by Gasteiger charge is 2.18. The third-order valence-corrected chi connectivity index (χ3v) is 2.51. The molecular formula is C6H10O5S. The summed E-state index contributed by atoms with van der Waals surface area (Å²) < 4.78 is 25.9. The molecule has 70 valence electrons. The summed E-state index contributed by atoms with van der Waals surface area (Å²) in [6.45, 7) is 1.15. The number of carbonyl (C=O) groups excluding carboxylic acids is 2. The maximum atomic E-state index is 10.9. The summed E-state index contributed by atoms with van der Waals surface area (Å²) in [5.74, 6) is -2.68. The van der Waals surface area contributed by atoms with Crippen LogP contribution in [-0.2, 0) is 24.2 Å². The Bertz CT molecular complexity index is 276. The van der Waals surface area contributed by atoms with Gasteiger partial charge in [-0.1, -0.05) is 0 Å². The molecule has 0 saturated heterocycles. The minimum atomic E-state index is -3.62. The molecule has 0 N–H and O–H groups in total. The van der Waals surface area contributed by atoms with Gasteiger partial charge in [-0.05, 0) is 6.92 Å². The average molecular weight is 194 g/mol. The van der Waals surface area contributed by atoms with Crippen molar-refractivity contribution in [1.29, 1.82) is 0 Å². The van der Waals surface area contributed by atoms with Gasteiger partial charge in [0, 0.05) is 0 Å². The summed E-state index contributed by atoms with van der Waals surface area (Å²) in [6, 6.07) is 0. The van der Waals surface area contributed by atoms with E-state index < -0.39 is 33.1 Å². The molecule has 0 aliphatic heterocycles. The third-order valence-electron chi connectivity index (χ3n) is 0.989. The van der Waals surface area contributed by atoms with E-state index >= 15 is 0 Å². The van der Waals surface area contributed by atoms with Crippen LogP contribution in [0.3, 0.4) is 0 Å². The van der Waals surface area contributed by atoms with Crippen LogP contribution in [0.2, 0.25) is 0 Å². The number of carbonyl (C=O) groups is 2. The van der Waals surface area contributed by atoms with Crippen LogP contribution in [0.4, 0.5) is 0 Å². The summed E-state index contributed by atoms with van der Waals surface area (Å²) in [4.78, 5) is 20.9. The average Bonchev–Trinajstić information content (AvgIpc) is 1.83. The van der Waals surface area contributed by atoms with E-state index in [1.807, 2.05) is 0 Å². The van der Waals surface area contributed by atoms with Crippen LogP contribution in [-0.4, -0.2) is 38.8 Å². The number of ether oxygens (including phenoxy) is 1. The Labute approximate surface area is 70.6 Å². The van der Waals surface area contributed by atoms with Crippen LogP contribution in [0.15, 0.2) is 0 Å². The first kappa shape index (κ1) is 11.1. The van der Waals surface area contributed by atoms with Crippen molar-refractivity contribution in [2.75, 3.05) is 18.6 Å². The van der Waals surface area contributed by atoms with Crippen LogP contribution < -0.4 is 0 Å². The highest BCUT2D eigenvalue weighted by molar-refractivity contribution is 7.92. The van der Waals surface area contributed by atoms with E-state index in [4.69, 9.17) is 0 Å². The molecule has 0 atom stereocenters. The fourth-order valence-corrected chi connectivity index (χ4v) is 1.80. The van der Waals surface area contributed by atoms with Gasteiger partial charge in [-0.15, -0.1) is 0 Å². The SMILES string of the molecule is COC(=O)CS(=O)(=O)CC(C)=O. The predicted octanol–water partition coefficient (Wildman–Crippen LogP) is -0.837. The Kier molecular flexibility index (Phi) is 3.88. The highest BCUT2D eigenvalue weighted by atomic mass is 32.2. The molecule has 0 aliphatic rings. The number of esters is 1. The largest absolute Gasteiger partial charge is 0.468 e. The Morgan fingerprint density at radius 1 is 1.25 bits per heavy atom. The van der Waals surface area contributed by atoms with E-state index in [1.54, 1.807) is 0 Å². The highest BCUT2D eigenvalue weighted by Crippen LogP contribution is 1.92. The van der Waals surface area contributed by atoms with Crippen molar-refractivity contribution < 1.29 is 22.7 Å². The summed E-state index contributed by atoms with van der Waals surface area (Å²) in [7, 11) is -2.53. The number of sulfone groups is 1. The molecule has 0 heterocycles. The Morgan fingerprint density at radius 3 is 2.08 bits per heavy atom. The fourth-order valence-electron chi connectivity index (χ4n) is 0.599. The van der Waals surface area contributed by atoms with E-state index in [1.165, 1.54) is 0 Å². The first-order chi connectivity index (χ1) is 5.37. The molecule has 6 heteroatoms. The lowest BCUT2D eigenvalue weighted by molar-refractivity contribution is -0.137. The second-order valence-electron chi connectivity index (χ2n) is 2.31. The zero-order valence-electron chi connectivity index (χ0n) is 6.86. The molecule has 0 amide bonds. The van der Waals surface area contributed by atoms with Crippen molar-refractivity contribution in [1.82, 2.24) is 0 Å². The van der Waals surface area contributed by atoms with Gasteiger partial charge in [0.25, 0.3) is 0 Å². The number of rotatable bonds is 4. The van der Waals surface area contributed by atoms with Crippen LogP contribution in [0.5, 0.6) is 0 Å². The first-order valence-corrected chi connectivity index (χ1v) is 4.96. The minimum absolute atomic E-state index is 0.487. The van der Waals surface area contributed by atoms with Crippen LogP contribution in [0.1, 0.15) is 6.92 Å². The second kappa shape index (κ2) is 4.20. The first-order valence-electron chi connectivity index (χ1n) is 3.14. The van der Waals surface area contributed by atoms with Gasteiger partial charge in [-0.3, -0.25) is 9.59 Å². The lowest BCUT2D eigenvalue weighted by atomic mass is 10.5. The molecule has 0 radical (unpaired) electrons. The van der Waals surface area contributed by atoms with E-state index in [9.17, 15) is 18.0 Å². The van der Waals surface area contributed by atoms with Gasteiger partial charge in [0.1, 0.15) is 17.3 Å². The number of Topliss-reactive ketones (excluding diaryl/α,β-unsaturated/α-hetero) is 1. The topological polar surface area (TPSA) is 77.5 Å². The van der Waals surface area contributed by atoms with Crippen molar-refractivity contribution >= 4 is 21.6 Å². The van der Waals surface area contributed by atoms with E-state index in [2.05, 4.69) is 4.74 Å². The van der Waals surface area contributed by atoms with Gasteiger partial charge in [-0.25, -0.2) is 8.42 Å². The van der Waals surface area contributed by atoms with Crippen LogP contribution >= 0.6 is 0 Å². The fraction of sp³-hybridized carbons (Fsp3) is 0.667. The number of ketones is 1. The Hall–Kier alpha value is -0.910. The van der Waals surface area contributed by atoms with Gasteiger partial charge in [0.2, 0.25) is 0 Å². The van der Waals surface area contributed by atoms with Gasteiger partial charge < -0.3 is 4.74 Å². The normalized spacial score (nSPS) is 10.8. The molecule has 0 aromatic rings. The summed E-state index contributed by atoms with van der Waals surface area (Å²) in [6.07, 6.45) is 0. The summed E-state index contributed by atoms with van der Waals surface area (Å²) in [5, 5.41) is 0. The molecule has 5 nitrogen and oxygen atoms in total. The monoisotopic (exact) mass is 194 g/mol. The molecule has 0 unspecified atom stereocenters. The van der Waals surface area contributed by atoms with Gasteiger partial charge >= 0.3 is 5.97 Å². The van der Waals surface area contributed by atoms with Crippen LogP contribution in [0.25, 0.3) is 0 Å². The molecule has 0 bridgehead atoms. The van der Waals surface area contributed by atoms with Crippen molar-refractivity contribution in [2.45, 2.75) is 6.92 Å². The summed E-state index contributed by atoms with van der Waals surface area (Å²) >= 11 is 0. The van der Waals surface area contributed by atoms with E-state index in [0.717, 1.165) is 14.0 Å². The Morgan fingerprint density at radius 2 is 1.75 bits per heavy atom. The van der Waals surface area contributed by atoms with Gasteiger partial charge in [0.15, 0.2) is 9.84 Å². The second-order valence-corrected chi connectivity index (χ2v) is 4.37. The lowest BCUT2D eigenvalue weighted by Crippen LogP contribution is -2.23. The minimum Gasteiger partial charge on any atom is -0.468 e. The maximum absolute atomic E-state index is 10.9. The molecular weight excluding hydrogens is 184 g/mol. The van der Waals surface area contributed by atoms with Gasteiger partial charge in [0.05, 0.1) is 7.11 Å². The van der Waals surface area contributed by atoms with Crippen LogP contribution in [0, 0.1) is 0 Å². The molecule has 0 aromatic carbocycles. The lowest BCUT2D eigenvalue weighted by Gasteiger charge is -1.99.